The maximum absolute atomic E-state index is 12.3. The molecule has 0 spiro atoms. The van der Waals surface area contributed by atoms with E-state index in [0.29, 0.717) is 5.76 Å². The molecule has 3 N–H and O–H groups in total. The standard InChI is InChI=1S/C23H21NO6/c25-12-14(11-15-9-10-21(30-15)22(26)27)24-23(28)29-13-20-18-7-3-1-5-16(18)17-6-2-4-8-19(17)20/h1-10,14,20,25H,11-13H2,(H,24,28)(H,26,27). The van der Waals surface area contributed by atoms with Crippen molar-refractivity contribution in [2.75, 3.05) is 13.2 Å². The van der Waals surface area contributed by atoms with Gasteiger partial charge in [-0.25, -0.2) is 9.59 Å². The van der Waals surface area contributed by atoms with Gasteiger partial charge in [0.15, 0.2) is 0 Å². The fraction of sp³-hybridized carbons (Fsp3) is 0.217. The number of ether oxygens (including phenoxy) is 1. The van der Waals surface area contributed by atoms with Crippen molar-refractivity contribution in [2.45, 2.75) is 18.4 Å². The summed E-state index contributed by atoms with van der Waals surface area (Å²) in [6.07, 6.45) is -0.505. The van der Waals surface area contributed by atoms with Gasteiger partial charge in [0.25, 0.3) is 0 Å². The van der Waals surface area contributed by atoms with Crippen LogP contribution in [0.4, 0.5) is 4.79 Å². The number of furan rings is 1. The second kappa shape index (κ2) is 8.42. The Kier molecular flexibility index (Phi) is 5.54. The first-order valence-corrected chi connectivity index (χ1v) is 9.61. The number of aliphatic hydroxyl groups excluding tert-OH is 1. The lowest BCUT2D eigenvalue weighted by molar-refractivity contribution is 0.0659. The van der Waals surface area contributed by atoms with E-state index in [1.54, 1.807) is 0 Å². The van der Waals surface area contributed by atoms with Crippen LogP contribution < -0.4 is 5.32 Å². The topological polar surface area (TPSA) is 109 Å². The molecule has 154 valence electrons. The smallest absolute Gasteiger partial charge is 0.407 e. The van der Waals surface area contributed by atoms with Gasteiger partial charge >= 0.3 is 12.1 Å². The molecule has 1 heterocycles. The Bertz CT molecular complexity index is 1030. The van der Waals surface area contributed by atoms with Crippen LogP contribution in [0.25, 0.3) is 11.1 Å². The van der Waals surface area contributed by atoms with Crippen LogP contribution in [0.2, 0.25) is 0 Å². The van der Waals surface area contributed by atoms with Crippen molar-refractivity contribution in [3.05, 3.63) is 83.3 Å². The van der Waals surface area contributed by atoms with Crippen LogP contribution in [0.15, 0.2) is 65.1 Å². The minimum atomic E-state index is -1.17. The minimum absolute atomic E-state index is 0.0566. The van der Waals surface area contributed by atoms with Gasteiger partial charge in [-0.2, -0.15) is 0 Å². The molecule has 0 saturated heterocycles. The molecule has 1 amide bonds. The highest BCUT2D eigenvalue weighted by Gasteiger charge is 2.29. The lowest BCUT2D eigenvalue weighted by Crippen LogP contribution is -2.39. The number of carbonyl (C=O) groups is 2. The number of alkyl carbamates (subject to hydrolysis) is 1. The summed E-state index contributed by atoms with van der Waals surface area (Å²) >= 11 is 0. The normalized spacial score (nSPS) is 13.4. The molecule has 0 saturated carbocycles. The predicted molar refractivity (Wildman–Crippen MR) is 108 cm³/mol. The SMILES string of the molecule is O=C(NC(CO)Cc1ccc(C(=O)O)o1)OCC1c2ccccc2-c2ccccc21. The molecule has 1 unspecified atom stereocenters. The minimum Gasteiger partial charge on any atom is -0.475 e. The maximum Gasteiger partial charge on any atom is 0.407 e. The highest BCUT2D eigenvalue weighted by atomic mass is 16.5. The van der Waals surface area contributed by atoms with Crippen molar-refractivity contribution in [2.24, 2.45) is 0 Å². The van der Waals surface area contributed by atoms with Gasteiger partial charge in [-0.1, -0.05) is 48.5 Å². The molecular weight excluding hydrogens is 386 g/mol. The number of nitrogens with one attached hydrogen (secondary N) is 1. The van der Waals surface area contributed by atoms with E-state index in [1.165, 1.54) is 12.1 Å². The van der Waals surface area contributed by atoms with E-state index in [0.717, 1.165) is 22.3 Å². The van der Waals surface area contributed by atoms with E-state index in [2.05, 4.69) is 17.4 Å². The third kappa shape index (κ3) is 3.92. The molecule has 4 rings (SSSR count). The van der Waals surface area contributed by atoms with Crippen molar-refractivity contribution in [1.29, 1.82) is 0 Å². The largest absolute Gasteiger partial charge is 0.475 e. The zero-order chi connectivity index (χ0) is 21.1. The summed E-state index contributed by atoms with van der Waals surface area (Å²) in [5, 5.41) is 21.1. The van der Waals surface area contributed by atoms with Crippen molar-refractivity contribution >= 4 is 12.1 Å². The Morgan fingerprint density at radius 3 is 2.20 bits per heavy atom. The van der Waals surface area contributed by atoms with Gasteiger partial charge in [-0.15, -0.1) is 0 Å². The first kappa shape index (κ1) is 19.7. The molecule has 0 radical (unpaired) electrons. The summed E-state index contributed by atoms with van der Waals surface area (Å²) in [6, 6.07) is 18.3. The van der Waals surface area contributed by atoms with Gasteiger partial charge in [0.05, 0.1) is 12.6 Å². The van der Waals surface area contributed by atoms with Crippen LogP contribution in [0.3, 0.4) is 0 Å². The van der Waals surface area contributed by atoms with Crippen LogP contribution in [0.1, 0.15) is 33.4 Å². The van der Waals surface area contributed by atoms with Crippen LogP contribution >= 0.6 is 0 Å². The van der Waals surface area contributed by atoms with Gasteiger partial charge < -0.3 is 24.7 Å². The van der Waals surface area contributed by atoms with E-state index >= 15 is 0 Å². The van der Waals surface area contributed by atoms with Crippen LogP contribution in [-0.2, 0) is 11.2 Å². The molecule has 0 fully saturated rings. The fourth-order valence-corrected chi connectivity index (χ4v) is 3.81. The van der Waals surface area contributed by atoms with E-state index in [1.807, 2.05) is 36.4 Å². The van der Waals surface area contributed by atoms with Gasteiger partial charge in [0, 0.05) is 12.3 Å². The lowest BCUT2D eigenvalue weighted by atomic mass is 9.98. The number of carbonyl (C=O) groups excluding carboxylic acids is 1. The van der Waals surface area contributed by atoms with Crippen molar-refractivity contribution in [1.82, 2.24) is 5.32 Å². The summed E-state index contributed by atoms with van der Waals surface area (Å²) < 4.78 is 10.6. The molecule has 2 aromatic carbocycles. The van der Waals surface area contributed by atoms with Gasteiger partial charge in [0.1, 0.15) is 12.4 Å². The Morgan fingerprint density at radius 1 is 1.00 bits per heavy atom. The molecule has 7 nitrogen and oxygen atoms in total. The Hall–Kier alpha value is -3.58. The second-order valence-electron chi connectivity index (χ2n) is 7.12. The number of rotatable bonds is 7. The molecule has 1 aromatic heterocycles. The van der Waals surface area contributed by atoms with Crippen molar-refractivity contribution in [3.8, 4) is 11.1 Å². The molecule has 1 aliphatic carbocycles. The van der Waals surface area contributed by atoms with E-state index in [9.17, 15) is 14.7 Å². The summed E-state index contributed by atoms with van der Waals surface area (Å²) in [6.45, 7) is -0.171. The van der Waals surface area contributed by atoms with Crippen LogP contribution in [0.5, 0.6) is 0 Å². The molecule has 1 atom stereocenters. The Morgan fingerprint density at radius 2 is 1.63 bits per heavy atom. The highest BCUT2D eigenvalue weighted by Crippen LogP contribution is 2.44. The summed E-state index contributed by atoms with van der Waals surface area (Å²) in [4.78, 5) is 23.2. The number of benzene rings is 2. The highest BCUT2D eigenvalue weighted by molar-refractivity contribution is 5.84. The Labute approximate surface area is 172 Å². The maximum atomic E-state index is 12.3. The zero-order valence-electron chi connectivity index (χ0n) is 16.1. The Balaban J connectivity index is 1.39. The number of amides is 1. The quantitative estimate of drug-likeness (QED) is 0.554. The molecule has 0 aliphatic heterocycles. The average Bonchev–Trinajstić information content (AvgIpc) is 3.35. The number of hydrogen-bond donors (Lipinski definition) is 3. The third-order valence-electron chi connectivity index (χ3n) is 5.21. The molecule has 1 aliphatic rings. The second-order valence-corrected chi connectivity index (χ2v) is 7.12. The van der Waals surface area contributed by atoms with Crippen LogP contribution in [0, 0.1) is 0 Å². The number of fused-ring (bicyclic) bond motifs is 3. The average molecular weight is 407 g/mol. The van der Waals surface area contributed by atoms with E-state index in [4.69, 9.17) is 14.3 Å². The monoisotopic (exact) mass is 407 g/mol. The van der Waals surface area contributed by atoms with Crippen molar-refractivity contribution < 1.29 is 29.0 Å². The van der Waals surface area contributed by atoms with Gasteiger partial charge in [-0.3, -0.25) is 0 Å². The third-order valence-corrected chi connectivity index (χ3v) is 5.21. The number of aliphatic hydroxyl groups is 1. The molecule has 7 heteroatoms. The number of carboxylic acid groups (broad SMARTS) is 1. The van der Waals surface area contributed by atoms with Crippen molar-refractivity contribution in [3.63, 3.8) is 0 Å². The zero-order valence-corrected chi connectivity index (χ0v) is 16.1. The summed E-state index contributed by atoms with van der Waals surface area (Å²) in [7, 11) is 0. The van der Waals surface area contributed by atoms with Crippen LogP contribution in [-0.4, -0.2) is 41.5 Å². The van der Waals surface area contributed by atoms with E-state index < -0.39 is 18.1 Å². The first-order chi connectivity index (χ1) is 14.6. The molecule has 3 aromatic rings. The summed E-state index contributed by atoms with van der Waals surface area (Å²) in [5.41, 5.74) is 4.51. The first-order valence-electron chi connectivity index (χ1n) is 9.61. The molecule has 30 heavy (non-hydrogen) atoms. The predicted octanol–water partition coefficient (Wildman–Crippen LogP) is 3.42. The fourth-order valence-electron chi connectivity index (χ4n) is 3.81. The van der Waals surface area contributed by atoms with E-state index in [-0.39, 0.29) is 31.3 Å². The number of aromatic carboxylic acids is 1. The number of hydrogen-bond acceptors (Lipinski definition) is 5. The lowest BCUT2D eigenvalue weighted by Gasteiger charge is -2.18. The van der Waals surface area contributed by atoms with Gasteiger partial charge in [-0.05, 0) is 34.4 Å². The van der Waals surface area contributed by atoms with Gasteiger partial charge in [0.2, 0.25) is 5.76 Å². The molecule has 0 bridgehead atoms. The number of carboxylic acids is 1. The molecular formula is C23H21NO6. The summed E-state index contributed by atoms with van der Waals surface area (Å²) in [5.74, 6) is -1.07.